The average Bonchev–Trinajstić information content (AvgIpc) is 2.41. The summed E-state index contributed by atoms with van der Waals surface area (Å²) in [5.41, 5.74) is 2.51. The molecule has 0 unspecified atom stereocenters. The molecular weight excluding hydrogens is 238 g/mol. The summed E-state index contributed by atoms with van der Waals surface area (Å²) in [5.74, 6) is 0.679. The van der Waals surface area contributed by atoms with Crippen molar-refractivity contribution >= 4 is 10.9 Å². The Morgan fingerprint density at radius 2 is 1.89 bits per heavy atom. The monoisotopic (exact) mass is 251 g/mol. The third-order valence-electron chi connectivity index (χ3n) is 3.19. The van der Waals surface area contributed by atoms with Crippen LogP contribution in [0.15, 0.2) is 47.5 Å². The van der Waals surface area contributed by atoms with E-state index in [4.69, 9.17) is 0 Å². The normalized spacial score (nSPS) is 10.8. The van der Waals surface area contributed by atoms with E-state index in [1.165, 1.54) is 0 Å². The molecule has 0 amide bonds. The predicted octanol–water partition coefficient (Wildman–Crippen LogP) is 2.40. The minimum Gasteiger partial charge on any atom is -0.268 e. The zero-order valence-electron chi connectivity index (χ0n) is 10.8. The number of fused-ring (bicyclic) bond motifs is 1. The summed E-state index contributed by atoms with van der Waals surface area (Å²) in [5, 5.41) is 0.538. The Bertz CT molecular complexity index is 821. The topological polar surface area (TPSA) is 47.8 Å². The summed E-state index contributed by atoms with van der Waals surface area (Å²) in [6.07, 6.45) is 3.21. The van der Waals surface area contributed by atoms with Crippen molar-refractivity contribution in [3.63, 3.8) is 0 Å². The fraction of sp³-hybridized carbons (Fsp3) is 0.133. The van der Waals surface area contributed by atoms with Gasteiger partial charge in [0.05, 0.1) is 16.6 Å². The van der Waals surface area contributed by atoms with Gasteiger partial charge >= 0.3 is 0 Å². The second kappa shape index (κ2) is 4.31. The Kier molecular flexibility index (Phi) is 2.63. The minimum absolute atomic E-state index is 0.0788. The van der Waals surface area contributed by atoms with Gasteiger partial charge in [-0.05, 0) is 31.5 Å². The Hall–Kier alpha value is -2.49. The third-order valence-corrected chi connectivity index (χ3v) is 3.19. The van der Waals surface area contributed by atoms with E-state index in [9.17, 15) is 4.79 Å². The summed E-state index contributed by atoms with van der Waals surface area (Å²) in [6.45, 7) is 3.82. The lowest BCUT2D eigenvalue weighted by atomic mass is 10.2. The van der Waals surface area contributed by atoms with Crippen molar-refractivity contribution in [2.24, 2.45) is 0 Å². The molecule has 0 atom stereocenters. The van der Waals surface area contributed by atoms with Gasteiger partial charge in [-0.3, -0.25) is 14.3 Å². The van der Waals surface area contributed by atoms with Crippen LogP contribution in [0.2, 0.25) is 0 Å². The van der Waals surface area contributed by atoms with Crippen LogP contribution in [0.4, 0.5) is 0 Å². The summed E-state index contributed by atoms with van der Waals surface area (Å²) in [7, 11) is 0. The van der Waals surface area contributed by atoms with Gasteiger partial charge in [0.15, 0.2) is 0 Å². The van der Waals surface area contributed by atoms with E-state index >= 15 is 0 Å². The first-order chi connectivity index (χ1) is 9.18. The van der Waals surface area contributed by atoms with Crippen molar-refractivity contribution in [2.75, 3.05) is 0 Å². The number of para-hydroxylation sites is 1. The van der Waals surface area contributed by atoms with Gasteiger partial charge in [-0.15, -0.1) is 0 Å². The fourth-order valence-electron chi connectivity index (χ4n) is 2.24. The van der Waals surface area contributed by atoms with Crippen molar-refractivity contribution in [1.82, 2.24) is 14.5 Å². The highest BCUT2D eigenvalue weighted by Gasteiger charge is 2.10. The van der Waals surface area contributed by atoms with Crippen LogP contribution in [-0.2, 0) is 0 Å². The highest BCUT2D eigenvalue weighted by molar-refractivity contribution is 5.76. The predicted molar refractivity (Wildman–Crippen MR) is 74.6 cm³/mol. The van der Waals surface area contributed by atoms with Gasteiger partial charge in [0.25, 0.3) is 5.56 Å². The van der Waals surface area contributed by atoms with Crippen molar-refractivity contribution in [2.45, 2.75) is 13.8 Å². The van der Waals surface area contributed by atoms with Gasteiger partial charge < -0.3 is 0 Å². The quantitative estimate of drug-likeness (QED) is 0.667. The zero-order valence-corrected chi connectivity index (χ0v) is 10.8. The maximum atomic E-state index is 12.6. The highest BCUT2D eigenvalue weighted by atomic mass is 16.1. The first-order valence-electron chi connectivity index (χ1n) is 6.08. The highest BCUT2D eigenvalue weighted by Crippen LogP contribution is 2.14. The molecule has 4 heteroatoms. The van der Waals surface area contributed by atoms with Crippen LogP contribution in [0, 0.1) is 13.8 Å². The van der Waals surface area contributed by atoms with Crippen molar-refractivity contribution in [1.29, 1.82) is 0 Å². The fourth-order valence-corrected chi connectivity index (χ4v) is 2.24. The number of nitrogens with zero attached hydrogens (tertiary/aromatic N) is 3. The molecule has 0 aliphatic heterocycles. The van der Waals surface area contributed by atoms with E-state index < -0.39 is 0 Å². The maximum absolute atomic E-state index is 12.6. The number of benzene rings is 1. The van der Waals surface area contributed by atoms with E-state index in [0.29, 0.717) is 16.7 Å². The Labute approximate surface area is 110 Å². The van der Waals surface area contributed by atoms with Crippen LogP contribution in [0.5, 0.6) is 0 Å². The molecule has 3 aromatic rings. The van der Waals surface area contributed by atoms with Crippen molar-refractivity contribution in [3.05, 3.63) is 64.5 Å². The van der Waals surface area contributed by atoms with E-state index in [1.807, 2.05) is 38.1 Å². The van der Waals surface area contributed by atoms with Gasteiger partial charge in [-0.1, -0.05) is 18.2 Å². The molecule has 0 aliphatic rings. The number of rotatable bonds is 1. The number of pyridine rings is 1. The molecule has 94 valence electrons. The Morgan fingerprint density at radius 1 is 1.11 bits per heavy atom. The molecule has 3 rings (SSSR count). The third kappa shape index (κ3) is 1.81. The lowest BCUT2D eigenvalue weighted by Gasteiger charge is -2.12. The Balaban J connectivity index is 2.43. The lowest BCUT2D eigenvalue weighted by molar-refractivity contribution is 0.886. The smallest absolute Gasteiger partial charge is 0.267 e. The first kappa shape index (κ1) is 11.6. The largest absolute Gasteiger partial charge is 0.268 e. The minimum atomic E-state index is -0.0788. The van der Waals surface area contributed by atoms with Crippen LogP contribution in [0.25, 0.3) is 16.6 Å². The Morgan fingerprint density at radius 3 is 2.68 bits per heavy atom. The molecule has 0 radical (unpaired) electrons. The van der Waals surface area contributed by atoms with Gasteiger partial charge in [0, 0.05) is 12.4 Å². The van der Waals surface area contributed by atoms with Gasteiger partial charge in [-0.2, -0.15) is 0 Å². The number of hydrogen-bond acceptors (Lipinski definition) is 3. The van der Waals surface area contributed by atoms with Gasteiger partial charge in [0.1, 0.15) is 5.82 Å². The molecule has 0 bridgehead atoms. The molecule has 0 saturated carbocycles. The van der Waals surface area contributed by atoms with Crippen LogP contribution in [0.3, 0.4) is 0 Å². The summed E-state index contributed by atoms with van der Waals surface area (Å²) >= 11 is 0. The molecule has 0 aliphatic carbocycles. The molecule has 0 spiro atoms. The van der Waals surface area contributed by atoms with Crippen LogP contribution >= 0.6 is 0 Å². The second-order valence-corrected chi connectivity index (χ2v) is 4.48. The van der Waals surface area contributed by atoms with E-state index in [1.54, 1.807) is 23.0 Å². The van der Waals surface area contributed by atoms with Crippen LogP contribution in [-0.4, -0.2) is 14.5 Å². The molecular formula is C15H13N3O. The summed E-state index contributed by atoms with van der Waals surface area (Å²) < 4.78 is 1.64. The zero-order chi connectivity index (χ0) is 13.4. The van der Waals surface area contributed by atoms with Crippen molar-refractivity contribution < 1.29 is 0 Å². The second-order valence-electron chi connectivity index (χ2n) is 4.48. The first-order valence-corrected chi connectivity index (χ1v) is 6.08. The molecule has 4 nitrogen and oxygen atoms in total. The van der Waals surface area contributed by atoms with Gasteiger partial charge in [0.2, 0.25) is 0 Å². The summed E-state index contributed by atoms with van der Waals surface area (Å²) in [4.78, 5) is 21.1. The molecule has 19 heavy (non-hydrogen) atoms. The standard InChI is InChI=1S/C15H13N3O/c1-10-5-3-4-6-14(10)18-11(2)17-13-7-8-16-9-12(13)15(18)19/h3-9H,1-2H3. The van der Waals surface area contributed by atoms with Gasteiger partial charge in [-0.25, -0.2) is 4.98 Å². The van der Waals surface area contributed by atoms with E-state index in [2.05, 4.69) is 9.97 Å². The summed E-state index contributed by atoms with van der Waals surface area (Å²) in [6, 6.07) is 9.53. The van der Waals surface area contributed by atoms with Crippen LogP contribution in [0.1, 0.15) is 11.4 Å². The number of aryl methyl sites for hydroxylation is 2. The number of aromatic nitrogens is 3. The molecule has 0 saturated heterocycles. The van der Waals surface area contributed by atoms with E-state index in [0.717, 1.165) is 11.3 Å². The molecule has 0 N–H and O–H groups in total. The average molecular weight is 251 g/mol. The molecule has 2 heterocycles. The number of hydrogen-bond donors (Lipinski definition) is 0. The molecule has 1 aromatic carbocycles. The lowest BCUT2D eigenvalue weighted by Crippen LogP contribution is -2.23. The van der Waals surface area contributed by atoms with Crippen molar-refractivity contribution in [3.8, 4) is 5.69 Å². The maximum Gasteiger partial charge on any atom is 0.267 e. The SMILES string of the molecule is Cc1ccccc1-n1c(C)nc2ccncc2c1=O. The van der Waals surface area contributed by atoms with E-state index in [-0.39, 0.29) is 5.56 Å². The van der Waals surface area contributed by atoms with Crippen LogP contribution < -0.4 is 5.56 Å². The molecule has 0 fully saturated rings. The molecule has 2 aromatic heterocycles.